The SMILES string of the molecule is CCNC(=NCCCNC(=O)c1occc1C)N1CCC(OCC2CCCO2)CC1. The molecule has 1 aromatic heterocycles. The van der Waals surface area contributed by atoms with Gasteiger partial charge in [0.15, 0.2) is 11.7 Å². The van der Waals surface area contributed by atoms with Gasteiger partial charge in [0.05, 0.1) is 25.1 Å². The van der Waals surface area contributed by atoms with Crippen LogP contribution in [0, 0.1) is 6.92 Å². The van der Waals surface area contributed by atoms with Gasteiger partial charge in [-0.05, 0) is 52.0 Å². The largest absolute Gasteiger partial charge is 0.459 e. The number of furan rings is 1. The number of hydrogen-bond acceptors (Lipinski definition) is 5. The number of likely N-dealkylation sites (tertiary alicyclic amines) is 1. The van der Waals surface area contributed by atoms with Crippen molar-refractivity contribution in [3.63, 3.8) is 0 Å². The summed E-state index contributed by atoms with van der Waals surface area (Å²) in [4.78, 5) is 19.1. The summed E-state index contributed by atoms with van der Waals surface area (Å²) in [6, 6.07) is 1.79. The minimum atomic E-state index is -0.168. The number of aliphatic imine (C=N–C) groups is 1. The minimum Gasteiger partial charge on any atom is -0.459 e. The summed E-state index contributed by atoms with van der Waals surface area (Å²) in [5, 5.41) is 6.28. The molecule has 2 aliphatic heterocycles. The van der Waals surface area contributed by atoms with Crippen molar-refractivity contribution in [2.75, 3.05) is 45.9 Å². The van der Waals surface area contributed by atoms with E-state index in [9.17, 15) is 4.79 Å². The average molecular weight is 421 g/mol. The zero-order chi connectivity index (χ0) is 21.2. The van der Waals surface area contributed by atoms with Crippen molar-refractivity contribution in [1.29, 1.82) is 0 Å². The van der Waals surface area contributed by atoms with E-state index >= 15 is 0 Å². The van der Waals surface area contributed by atoms with Gasteiger partial charge in [-0.25, -0.2) is 0 Å². The molecular weight excluding hydrogens is 384 g/mol. The highest BCUT2D eigenvalue weighted by Gasteiger charge is 2.24. The number of nitrogens with one attached hydrogen (secondary N) is 2. The molecule has 168 valence electrons. The lowest BCUT2D eigenvalue weighted by Crippen LogP contribution is -2.47. The van der Waals surface area contributed by atoms with E-state index in [1.807, 2.05) is 6.92 Å². The van der Waals surface area contributed by atoms with Crippen molar-refractivity contribution >= 4 is 11.9 Å². The fourth-order valence-electron chi connectivity index (χ4n) is 3.83. The molecule has 8 nitrogen and oxygen atoms in total. The Hall–Kier alpha value is -2.06. The predicted octanol–water partition coefficient (Wildman–Crippen LogP) is 2.33. The third-order valence-corrected chi connectivity index (χ3v) is 5.57. The number of aryl methyl sites for hydroxylation is 1. The molecule has 1 atom stereocenters. The summed E-state index contributed by atoms with van der Waals surface area (Å²) >= 11 is 0. The van der Waals surface area contributed by atoms with Crippen LogP contribution in [0.1, 0.15) is 55.1 Å². The first-order chi connectivity index (χ1) is 14.7. The van der Waals surface area contributed by atoms with Gasteiger partial charge in [-0.15, -0.1) is 0 Å². The Morgan fingerprint density at radius 3 is 2.80 bits per heavy atom. The number of amides is 1. The number of carbonyl (C=O) groups is 1. The monoisotopic (exact) mass is 420 g/mol. The second-order valence-electron chi connectivity index (χ2n) is 7.93. The molecule has 0 aliphatic carbocycles. The van der Waals surface area contributed by atoms with E-state index in [0.29, 0.717) is 31.1 Å². The van der Waals surface area contributed by atoms with Crippen LogP contribution in [0.3, 0.4) is 0 Å². The summed E-state index contributed by atoms with van der Waals surface area (Å²) < 4.78 is 16.9. The van der Waals surface area contributed by atoms with Crippen LogP contribution in [0.15, 0.2) is 21.7 Å². The van der Waals surface area contributed by atoms with Gasteiger partial charge in [-0.2, -0.15) is 0 Å². The predicted molar refractivity (Wildman–Crippen MR) is 116 cm³/mol. The van der Waals surface area contributed by atoms with Crippen LogP contribution in [0.5, 0.6) is 0 Å². The number of rotatable bonds is 9. The molecule has 2 N–H and O–H groups in total. The number of hydrogen-bond donors (Lipinski definition) is 2. The van der Waals surface area contributed by atoms with Crippen molar-refractivity contribution < 1.29 is 18.7 Å². The number of piperidine rings is 1. The van der Waals surface area contributed by atoms with Gasteiger partial charge in [0.1, 0.15) is 0 Å². The summed E-state index contributed by atoms with van der Waals surface area (Å²) in [6.45, 7) is 9.50. The van der Waals surface area contributed by atoms with Gasteiger partial charge in [-0.3, -0.25) is 9.79 Å². The van der Waals surface area contributed by atoms with Crippen molar-refractivity contribution in [3.8, 4) is 0 Å². The highest BCUT2D eigenvalue weighted by atomic mass is 16.5. The summed E-state index contributed by atoms with van der Waals surface area (Å²) in [6.07, 6.45) is 7.21. The minimum absolute atomic E-state index is 0.168. The quantitative estimate of drug-likeness (QED) is 0.362. The number of guanidine groups is 1. The van der Waals surface area contributed by atoms with Crippen molar-refractivity contribution in [2.24, 2.45) is 4.99 Å². The van der Waals surface area contributed by atoms with E-state index in [2.05, 4.69) is 22.5 Å². The maximum atomic E-state index is 12.1. The molecule has 2 fully saturated rings. The zero-order valence-electron chi connectivity index (χ0n) is 18.3. The van der Waals surface area contributed by atoms with E-state index in [1.165, 1.54) is 6.26 Å². The van der Waals surface area contributed by atoms with E-state index in [4.69, 9.17) is 18.9 Å². The lowest BCUT2D eigenvalue weighted by atomic mass is 10.1. The van der Waals surface area contributed by atoms with Gasteiger partial charge < -0.3 is 29.4 Å². The molecule has 2 aliphatic rings. The molecule has 1 unspecified atom stereocenters. The van der Waals surface area contributed by atoms with Crippen molar-refractivity contribution in [3.05, 3.63) is 23.7 Å². The van der Waals surface area contributed by atoms with Crippen LogP contribution in [-0.4, -0.2) is 74.9 Å². The summed E-state index contributed by atoms with van der Waals surface area (Å²) in [7, 11) is 0. The van der Waals surface area contributed by atoms with Crippen LogP contribution in [0.4, 0.5) is 0 Å². The second-order valence-corrected chi connectivity index (χ2v) is 7.93. The van der Waals surface area contributed by atoms with Crippen LogP contribution in [-0.2, 0) is 9.47 Å². The fraction of sp³-hybridized carbons (Fsp3) is 0.727. The van der Waals surface area contributed by atoms with E-state index in [-0.39, 0.29) is 5.91 Å². The Morgan fingerprint density at radius 1 is 1.30 bits per heavy atom. The molecule has 0 saturated carbocycles. The van der Waals surface area contributed by atoms with Gasteiger partial charge in [-0.1, -0.05) is 0 Å². The fourth-order valence-corrected chi connectivity index (χ4v) is 3.83. The number of nitrogens with zero attached hydrogens (tertiary/aromatic N) is 2. The molecule has 1 aromatic rings. The molecule has 0 aromatic carbocycles. The van der Waals surface area contributed by atoms with Gasteiger partial charge in [0, 0.05) is 44.9 Å². The Bertz CT molecular complexity index is 676. The number of ether oxygens (including phenoxy) is 2. The summed E-state index contributed by atoms with van der Waals surface area (Å²) in [5.74, 6) is 1.16. The Kier molecular flexibility index (Phi) is 9.01. The van der Waals surface area contributed by atoms with E-state index < -0.39 is 0 Å². The average Bonchev–Trinajstić information content (AvgIpc) is 3.43. The normalized spacial score (nSPS) is 20.5. The first-order valence-corrected chi connectivity index (χ1v) is 11.3. The first-order valence-electron chi connectivity index (χ1n) is 11.3. The number of carbonyl (C=O) groups excluding carboxylic acids is 1. The van der Waals surface area contributed by atoms with E-state index in [0.717, 1.165) is 76.5 Å². The third kappa shape index (κ3) is 6.74. The van der Waals surface area contributed by atoms with Crippen molar-refractivity contribution in [2.45, 2.75) is 58.2 Å². The molecule has 2 saturated heterocycles. The smallest absolute Gasteiger partial charge is 0.287 e. The molecular formula is C22H36N4O4. The van der Waals surface area contributed by atoms with Crippen LogP contribution >= 0.6 is 0 Å². The van der Waals surface area contributed by atoms with Crippen molar-refractivity contribution in [1.82, 2.24) is 15.5 Å². The van der Waals surface area contributed by atoms with Gasteiger partial charge >= 0.3 is 0 Å². The molecule has 0 spiro atoms. The Labute approximate surface area is 179 Å². The lowest BCUT2D eigenvalue weighted by Gasteiger charge is -2.34. The second kappa shape index (κ2) is 12.0. The van der Waals surface area contributed by atoms with Gasteiger partial charge in [0.25, 0.3) is 5.91 Å². The summed E-state index contributed by atoms with van der Waals surface area (Å²) in [5.41, 5.74) is 0.850. The van der Waals surface area contributed by atoms with E-state index in [1.54, 1.807) is 6.07 Å². The standard InChI is InChI=1S/C22H36N4O4/c1-3-23-22(25-11-5-10-24-21(27)20-17(2)9-15-29-20)26-12-7-18(8-13-26)30-16-19-6-4-14-28-19/h9,15,18-19H,3-8,10-14,16H2,1-2H3,(H,23,25)(H,24,27). The van der Waals surface area contributed by atoms with Gasteiger partial charge in [0.2, 0.25) is 0 Å². The van der Waals surface area contributed by atoms with Crippen LogP contribution in [0.2, 0.25) is 0 Å². The Morgan fingerprint density at radius 2 is 2.13 bits per heavy atom. The molecule has 0 bridgehead atoms. The van der Waals surface area contributed by atoms with Crippen LogP contribution in [0.25, 0.3) is 0 Å². The maximum absolute atomic E-state index is 12.1. The molecule has 3 heterocycles. The zero-order valence-corrected chi connectivity index (χ0v) is 18.3. The maximum Gasteiger partial charge on any atom is 0.287 e. The Balaban J connectivity index is 1.35. The lowest BCUT2D eigenvalue weighted by molar-refractivity contribution is -0.0367. The molecule has 8 heteroatoms. The highest BCUT2D eigenvalue weighted by molar-refractivity contribution is 5.92. The topological polar surface area (TPSA) is 88.3 Å². The molecule has 3 rings (SSSR count). The third-order valence-electron chi connectivity index (χ3n) is 5.57. The molecule has 30 heavy (non-hydrogen) atoms. The first kappa shape index (κ1) is 22.6. The molecule has 0 radical (unpaired) electrons. The van der Waals surface area contributed by atoms with Crippen LogP contribution < -0.4 is 10.6 Å². The highest BCUT2D eigenvalue weighted by Crippen LogP contribution is 2.18. The molecule has 1 amide bonds.